The highest BCUT2D eigenvalue weighted by Gasteiger charge is 2.19. The van der Waals surface area contributed by atoms with Gasteiger partial charge in [0, 0.05) is 10.4 Å². The molecule has 2 aromatic rings. The molecule has 0 radical (unpaired) electrons. The number of hydrogen-bond acceptors (Lipinski definition) is 3. The zero-order chi connectivity index (χ0) is 15.6. The third-order valence-electron chi connectivity index (χ3n) is 2.91. The van der Waals surface area contributed by atoms with Gasteiger partial charge in [-0.2, -0.15) is 0 Å². The number of rotatable bonds is 5. The summed E-state index contributed by atoms with van der Waals surface area (Å²) in [5.41, 5.74) is 0.216. The van der Waals surface area contributed by atoms with Crippen molar-refractivity contribution in [3.05, 3.63) is 50.4 Å². The van der Waals surface area contributed by atoms with E-state index in [9.17, 15) is 14.3 Å². The molecule has 112 valence electrons. The van der Waals surface area contributed by atoms with Crippen LogP contribution >= 0.6 is 22.9 Å². The summed E-state index contributed by atoms with van der Waals surface area (Å²) in [4.78, 5) is 12.3. The largest absolute Gasteiger partial charge is 0.487 e. The van der Waals surface area contributed by atoms with Crippen molar-refractivity contribution in [2.45, 2.75) is 26.4 Å². The van der Waals surface area contributed by atoms with Gasteiger partial charge in [0.2, 0.25) is 0 Å². The zero-order valence-electron chi connectivity index (χ0n) is 11.5. The van der Waals surface area contributed by atoms with E-state index >= 15 is 0 Å². The average molecular weight is 329 g/mol. The second-order valence-corrected chi connectivity index (χ2v) is 6.28. The first-order valence-electron chi connectivity index (χ1n) is 6.33. The van der Waals surface area contributed by atoms with Gasteiger partial charge in [0.1, 0.15) is 18.2 Å². The summed E-state index contributed by atoms with van der Waals surface area (Å²) < 4.78 is 19.1. The van der Waals surface area contributed by atoms with Crippen LogP contribution in [0, 0.1) is 5.82 Å². The molecule has 1 N–H and O–H groups in total. The van der Waals surface area contributed by atoms with Gasteiger partial charge < -0.3 is 9.84 Å². The molecule has 0 aliphatic heterocycles. The monoisotopic (exact) mass is 328 g/mol. The number of carboxylic acids is 1. The molecule has 0 atom stereocenters. The molecular formula is C15H14ClFO3S. The number of benzene rings is 1. The van der Waals surface area contributed by atoms with Crippen LogP contribution in [-0.2, 0) is 6.61 Å². The molecule has 1 aromatic carbocycles. The van der Waals surface area contributed by atoms with Gasteiger partial charge in [0.05, 0.1) is 5.02 Å². The number of carboxylic acid groups (broad SMARTS) is 1. The van der Waals surface area contributed by atoms with Crippen LogP contribution in [0.3, 0.4) is 0 Å². The first-order chi connectivity index (χ1) is 9.90. The van der Waals surface area contributed by atoms with Gasteiger partial charge in [0.15, 0.2) is 4.88 Å². The van der Waals surface area contributed by atoms with Crippen LogP contribution in [0.25, 0.3) is 0 Å². The van der Waals surface area contributed by atoms with Crippen LogP contribution in [0.4, 0.5) is 4.39 Å². The number of carbonyl (C=O) groups is 1. The molecule has 0 unspecified atom stereocenters. The Hall–Kier alpha value is -1.59. The van der Waals surface area contributed by atoms with Crippen molar-refractivity contribution in [2.24, 2.45) is 0 Å². The lowest BCUT2D eigenvalue weighted by molar-refractivity contribution is 0.0697. The van der Waals surface area contributed by atoms with Gasteiger partial charge in [-0.15, -0.1) is 11.3 Å². The van der Waals surface area contributed by atoms with Crippen molar-refractivity contribution in [1.82, 2.24) is 0 Å². The molecule has 1 heterocycles. The van der Waals surface area contributed by atoms with Crippen LogP contribution in [0.5, 0.6) is 5.75 Å². The minimum atomic E-state index is -1.05. The molecule has 0 aliphatic carbocycles. The molecule has 3 nitrogen and oxygen atoms in total. The summed E-state index contributed by atoms with van der Waals surface area (Å²) in [5.74, 6) is -1.08. The Morgan fingerprint density at radius 3 is 2.76 bits per heavy atom. The Morgan fingerprint density at radius 2 is 2.19 bits per heavy atom. The second kappa shape index (κ2) is 6.45. The van der Waals surface area contributed by atoms with Crippen LogP contribution in [0.1, 0.15) is 39.9 Å². The number of hydrogen-bond donors (Lipinski definition) is 1. The summed E-state index contributed by atoms with van der Waals surface area (Å²) in [6.45, 7) is 3.82. The predicted octanol–water partition coefficient (Wildman–Crippen LogP) is 4.94. The maximum atomic E-state index is 13.7. The third kappa shape index (κ3) is 3.54. The minimum absolute atomic E-state index is 0.111. The van der Waals surface area contributed by atoms with Crippen LogP contribution in [-0.4, -0.2) is 11.1 Å². The van der Waals surface area contributed by atoms with Gasteiger partial charge in [-0.1, -0.05) is 31.5 Å². The van der Waals surface area contributed by atoms with Gasteiger partial charge in [-0.3, -0.25) is 0 Å². The molecule has 0 bridgehead atoms. The molecule has 0 saturated carbocycles. The molecule has 2 rings (SSSR count). The summed E-state index contributed by atoms with van der Waals surface area (Å²) in [7, 11) is 0. The lowest BCUT2D eigenvalue weighted by atomic mass is 10.2. The fourth-order valence-electron chi connectivity index (χ4n) is 1.75. The van der Waals surface area contributed by atoms with E-state index in [1.807, 2.05) is 13.8 Å². The highest BCUT2D eigenvalue weighted by molar-refractivity contribution is 7.14. The standard InChI is InChI=1S/C15H14ClFO3S/c1-8(2)13-6-12(14(21-13)15(18)19)20-7-9-10(16)4-3-5-11(9)17/h3-6,8H,7H2,1-2H3,(H,18,19). The molecule has 1 aromatic heterocycles. The van der Waals surface area contributed by atoms with E-state index in [1.54, 1.807) is 12.1 Å². The highest BCUT2D eigenvalue weighted by atomic mass is 35.5. The molecule has 0 saturated heterocycles. The van der Waals surface area contributed by atoms with Gasteiger partial charge >= 0.3 is 5.97 Å². The molecule has 0 spiro atoms. The van der Waals surface area contributed by atoms with Crippen molar-refractivity contribution in [3.63, 3.8) is 0 Å². The number of halogens is 2. The maximum absolute atomic E-state index is 13.7. The topological polar surface area (TPSA) is 46.5 Å². The van der Waals surface area contributed by atoms with Crippen LogP contribution < -0.4 is 4.74 Å². The number of aromatic carboxylic acids is 1. The molecule has 0 aliphatic rings. The van der Waals surface area contributed by atoms with Crippen LogP contribution in [0.15, 0.2) is 24.3 Å². The Bertz CT molecular complexity index is 647. The van der Waals surface area contributed by atoms with E-state index in [2.05, 4.69) is 0 Å². The lowest BCUT2D eigenvalue weighted by Gasteiger charge is -2.08. The Balaban J connectivity index is 2.25. The quantitative estimate of drug-likeness (QED) is 0.845. The molecule has 0 amide bonds. The third-order valence-corrected chi connectivity index (χ3v) is 4.67. The Labute approximate surface area is 130 Å². The molecular weight excluding hydrogens is 315 g/mol. The summed E-state index contributed by atoms with van der Waals surface area (Å²) in [5, 5.41) is 9.45. The van der Waals surface area contributed by atoms with Gasteiger partial charge in [-0.05, 0) is 24.1 Å². The SMILES string of the molecule is CC(C)c1cc(OCc2c(F)cccc2Cl)c(C(=O)O)s1. The van der Waals surface area contributed by atoms with Crippen molar-refractivity contribution in [1.29, 1.82) is 0 Å². The first-order valence-corrected chi connectivity index (χ1v) is 7.52. The van der Waals surface area contributed by atoms with E-state index in [-0.39, 0.29) is 33.7 Å². The molecule has 21 heavy (non-hydrogen) atoms. The van der Waals surface area contributed by atoms with Gasteiger partial charge in [-0.25, -0.2) is 9.18 Å². The fourth-order valence-corrected chi connectivity index (χ4v) is 2.91. The van der Waals surface area contributed by atoms with Crippen molar-refractivity contribution in [3.8, 4) is 5.75 Å². The fraction of sp³-hybridized carbons (Fsp3) is 0.267. The van der Waals surface area contributed by atoms with E-state index < -0.39 is 11.8 Å². The Morgan fingerprint density at radius 1 is 1.48 bits per heavy atom. The van der Waals surface area contributed by atoms with E-state index in [1.165, 1.54) is 23.5 Å². The zero-order valence-corrected chi connectivity index (χ0v) is 13.1. The second-order valence-electron chi connectivity index (χ2n) is 4.79. The van der Waals surface area contributed by atoms with Crippen molar-refractivity contribution >= 4 is 28.9 Å². The molecule has 6 heteroatoms. The number of ether oxygens (including phenoxy) is 1. The van der Waals surface area contributed by atoms with E-state index in [4.69, 9.17) is 16.3 Å². The van der Waals surface area contributed by atoms with Gasteiger partial charge in [0.25, 0.3) is 0 Å². The number of thiophene rings is 1. The van der Waals surface area contributed by atoms with E-state index in [0.717, 1.165) is 4.88 Å². The normalized spacial score (nSPS) is 10.9. The van der Waals surface area contributed by atoms with Crippen LogP contribution in [0.2, 0.25) is 5.02 Å². The summed E-state index contributed by atoms with van der Waals surface area (Å²) in [6, 6.07) is 6.04. The highest BCUT2D eigenvalue weighted by Crippen LogP contribution is 2.34. The summed E-state index contributed by atoms with van der Waals surface area (Å²) >= 11 is 7.09. The van der Waals surface area contributed by atoms with E-state index in [0.29, 0.717) is 0 Å². The smallest absolute Gasteiger partial charge is 0.349 e. The first kappa shape index (κ1) is 15.8. The Kier molecular flexibility index (Phi) is 4.85. The predicted molar refractivity (Wildman–Crippen MR) is 81.1 cm³/mol. The maximum Gasteiger partial charge on any atom is 0.349 e. The average Bonchev–Trinajstić information content (AvgIpc) is 2.82. The van der Waals surface area contributed by atoms with Crippen molar-refractivity contribution < 1.29 is 19.0 Å². The summed E-state index contributed by atoms with van der Waals surface area (Å²) in [6.07, 6.45) is 0. The molecule has 0 fully saturated rings. The minimum Gasteiger partial charge on any atom is -0.487 e. The van der Waals surface area contributed by atoms with Crippen molar-refractivity contribution in [2.75, 3.05) is 0 Å². The lowest BCUT2D eigenvalue weighted by Crippen LogP contribution is -2.02.